The van der Waals surface area contributed by atoms with Crippen molar-refractivity contribution in [1.29, 1.82) is 0 Å². The summed E-state index contributed by atoms with van der Waals surface area (Å²) in [6.45, 7) is 7.43. The molecule has 0 bridgehead atoms. The van der Waals surface area contributed by atoms with Crippen LogP contribution in [0.1, 0.15) is 32.4 Å². The summed E-state index contributed by atoms with van der Waals surface area (Å²) in [5.41, 5.74) is 1.74. The van der Waals surface area contributed by atoms with Gasteiger partial charge in [0.1, 0.15) is 5.01 Å². The Hall–Kier alpha value is -2.12. The molecule has 0 saturated carbocycles. The van der Waals surface area contributed by atoms with E-state index >= 15 is 0 Å². The Morgan fingerprint density at radius 3 is 2.69 bits per heavy atom. The van der Waals surface area contributed by atoms with Crippen LogP contribution in [0.15, 0.2) is 23.6 Å². The second-order valence-corrected chi connectivity index (χ2v) is 8.62. The molecule has 0 radical (unpaired) electrons. The zero-order chi connectivity index (χ0) is 20.8. The maximum Gasteiger partial charge on any atom is 0.226 e. The van der Waals surface area contributed by atoms with Crippen LogP contribution in [0, 0.1) is 5.92 Å². The molecule has 7 heteroatoms. The molecule has 3 rings (SSSR count). The van der Waals surface area contributed by atoms with Crippen molar-refractivity contribution >= 4 is 17.2 Å². The van der Waals surface area contributed by atoms with E-state index in [1.165, 1.54) is 24.2 Å². The van der Waals surface area contributed by atoms with Gasteiger partial charge in [0.2, 0.25) is 5.91 Å². The molecule has 158 valence electrons. The van der Waals surface area contributed by atoms with E-state index in [2.05, 4.69) is 29.0 Å². The van der Waals surface area contributed by atoms with E-state index in [1.54, 1.807) is 14.2 Å². The van der Waals surface area contributed by atoms with Crippen molar-refractivity contribution in [3.05, 3.63) is 29.3 Å². The Balaban J connectivity index is 1.52. The first-order chi connectivity index (χ1) is 14.0. The number of likely N-dealkylation sites (tertiary alicyclic amines) is 1. The van der Waals surface area contributed by atoms with Crippen molar-refractivity contribution in [2.45, 2.75) is 39.2 Å². The lowest BCUT2D eigenvalue weighted by Crippen LogP contribution is -2.45. The number of hydrogen-bond acceptors (Lipinski definition) is 6. The number of rotatable bonds is 8. The fourth-order valence-electron chi connectivity index (χ4n) is 3.58. The summed E-state index contributed by atoms with van der Waals surface area (Å²) in [5.74, 6) is 2.19. The summed E-state index contributed by atoms with van der Waals surface area (Å²) in [4.78, 5) is 19.5. The minimum Gasteiger partial charge on any atom is -0.493 e. The van der Waals surface area contributed by atoms with Gasteiger partial charge in [0.15, 0.2) is 11.5 Å². The topological polar surface area (TPSA) is 63.7 Å². The van der Waals surface area contributed by atoms with Crippen LogP contribution >= 0.6 is 11.3 Å². The van der Waals surface area contributed by atoms with E-state index in [-0.39, 0.29) is 5.91 Å². The number of amides is 1. The number of ether oxygens (including phenoxy) is 2. The highest BCUT2D eigenvalue weighted by Crippen LogP contribution is 2.33. The third-order valence-electron chi connectivity index (χ3n) is 5.56. The van der Waals surface area contributed by atoms with Gasteiger partial charge in [-0.15, -0.1) is 11.3 Å². The van der Waals surface area contributed by atoms with Gasteiger partial charge in [-0.05, 0) is 57.0 Å². The van der Waals surface area contributed by atoms with Crippen LogP contribution in [0.2, 0.25) is 0 Å². The third-order valence-corrected chi connectivity index (χ3v) is 6.50. The largest absolute Gasteiger partial charge is 0.493 e. The fraction of sp³-hybridized carbons (Fsp3) is 0.545. The number of thiazole rings is 1. The van der Waals surface area contributed by atoms with Gasteiger partial charge in [-0.1, -0.05) is 6.92 Å². The minimum atomic E-state index is 0.0198. The SMILES string of the molecule is COc1ccc(-c2nc(CC(=O)NCC(C)N3CCC(C)CC3)cs2)cc1OC. The van der Waals surface area contributed by atoms with E-state index in [9.17, 15) is 4.79 Å². The number of piperidine rings is 1. The molecule has 1 atom stereocenters. The van der Waals surface area contributed by atoms with Crippen LogP contribution in [-0.4, -0.2) is 55.7 Å². The van der Waals surface area contributed by atoms with Crippen molar-refractivity contribution in [2.24, 2.45) is 5.92 Å². The number of carbonyl (C=O) groups excluding carboxylic acids is 1. The first-order valence-electron chi connectivity index (χ1n) is 10.2. The van der Waals surface area contributed by atoms with Crippen LogP contribution in [0.3, 0.4) is 0 Å². The second-order valence-electron chi connectivity index (χ2n) is 7.76. The summed E-state index contributed by atoms with van der Waals surface area (Å²) in [6.07, 6.45) is 2.79. The monoisotopic (exact) mass is 417 g/mol. The molecule has 2 heterocycles. The van der Waals surface area contributed by atoms with Gasteiger partial charge in [0.05, 0.1) is 26.3 Å². The zero-order valence-electron chi connectivity index (χ0n) is 17.7. The standard InChI is InChI=1S/C22H31N3O3S/c1-15-7-9-25(10-8-15)16(2)13-23-21(26)12-18-14-29-22(24-18)17-5-6-19(27-3)20(11-17)28-4/h5-6,11,14-16H,7-10,12-13H2,1-4H3,(H,23,26). The van der Waals surface area contributed by atoms with E-state index < -0.39 is 0 Å². The molecule has 29 heavy (non-hydrogen) atoms. The van der Waals surface area contributed by atoms with Gasteiger partial charge in [-0.25, -0.2) is 4.98 Å². The quantitative estimate of drug-likeness (QED) is 0.711. The predicted octanol–water partition coefficient (Wildman–Crippen LogP) is 3.61. The molecule has 1 fully saturated rings. The lowest BCUT2D eigenvalue weighted by molar-refractivity contribution is -0.120. The Bertz CT molecular complexity index is 815. The molecule has 1 aromatic carbocycles. The van der Waals surface area contributed by atoms with Gasteiger partial charge in [-0.3, -0.25) is 9.69 Å². The van der Waals surface area contributed by atoms with Gasteiger partial charge >= 0.3 is 0 Å². The number of carbonyl (C=O) groups is 1. The van der Waals surface area contributed by atoms with Crippen molar-refractivity contribution in [1.82, 2.24) is 15.2 Å². The molecule has 6 nitrogen and oxygen atoms in total. The van der Waals surface area contributed by atoms with E-state index in [0.29, 0.717) is 30.5 Å². The lowest BCUT2D eigenvalue weighted by Gasteiger charge is -2.35. The fourth-order valence-corrected chi connectivity index (χ4v) is 4.39. The lowest BCUT2D eigenvalue weighted by atomic mass is 9.98. The Morgan fingerprint density at radius 2 is 2.00 bits per heavy atom. The second kappa shape index (κ2) is 10.1. The van der Waals surface area contributed by atoms with Crippen LogP contribution < -0.4 is 14.8 Å². The summed E-state index contributed by atoms with van der Waals surface area (Å²) < 4.78 is 10.6. The average Bonchev–Trinajstić information content (AvgIpc) is 3.20. The van der Waals surface area contributed by atoms with Gasteiger partial charge < -0.3 is 14.8 Å². The molecule has 1 N–H and O–H groups in total. The van der Waals surface area contributed by atoms with Gasteiger partial charge in [-0.2, -0.15) is 0 Å². The predicted molar refractivity (Wildman–Crippen MR) is 117 cm³/mol. The highest BCUT2D eigenvalue weighted by atomic mass is 32.1. The number of hydrogen-bond donors (Lipinski definition) is 1. The molecule has 1 aliphatic heterocycles. The zero-order valence-corrected chi connectivity index (χ0v) is 18.6. The summed E-state index contributed by atoms with van der Waals surface area (Å²) >= 11 is 1.53. The number of nitrogens with zero attached hydrogens (tertiary/aromatic N) is 2. The normalized spacial score (nSPS) is 16.4. The molecule has 1 aromatic heterocycles. The maximum absolute atomic E-state index is 12.4. The van der Waals surface area contributed by atoms with Crippen LogP contribution in [0.5, 0.6) is 11.5 Å². The summed E-state index contributed by atoms with van der Waals surface area (Å²) in [5, 5.41) is 5.88. The number of benzene rings is 1. The number of nitrogens with one attached hydrogen (secondary N) is 1. The first kappa shape index (κ1) is 21.6. The number of methoxy groups -OCH3 is 2. The third kappa shape index (κ3) is 5.70. The van der Waals surface area contributed by atoms with Crippen LogP contribution in [-0.2, 0) is 11.2 Å². The molecule has 1 saturated heterocycles. The highest BCUT2D eigenvalue weighted by Gasteiger charge is 2.20. The summed E-state index contributed by atoms with van der Waals surface area (Å²) in [7, 11) is 3.23. The van der Waals surface area contributed by atoms with Crippen molar-refractivity contribution < 1.29 is 14.3 Å². The smallest absolute Gasteiger partial charge is 0.226 e. The average molecular weight is 418 g/mol. The molecule has 0 spiro atoms. The maximum atomic E-state index is 12.4. The van der Waals surface area contributed by atoms with Crippen molar-refractivity contribution in [3.63, 3.8) is 0 Å². The highest BCUT2D eigenvalue weighted by molar-refractivity contribution is 7.13. The van der Waals surface area contributed by atoms with E-state index in [4.69, 9.17) is 9.47 Å². The van der Waals surface area contributed by atoms with Crippen molar-refractivity contribution in [2.75, 3.05) is 33.9 Å². The van der Waals surface area contributed by atoms with Crippen LogP contribution in [0.25, 0.3) is 10.6 Å². The summed E-state index contributed by atoms with van der Waals surface area (Å²) in [6, 6.07) is 6.09. The molecule has 1 aliphatic rings. The van der Waals surface area contributed by atoms with E-state index in [1.807, 2.05) is 23.6 Å². The van der Waals surface area contributed by atoms with Crippen molar-refractivity contribution in [3.8, 4) is 22.1 Å². The van der Waals surface area contributed by atoms with E-state index in [0.717, 1.165) is 35.3 Å². The van der Waals surface area contributed by atoms with Gasteiger partial charge in [0, 0.05) is 23.5 Å². The Morgan fingerprint density at radius 1 is 1.28 bits per heavy atom. The molecule has 1 amide bonds. The molecule has 0 aliphatic carbocycles. The Labute approximate surface area is 177 Å². The Kier molecular flexibility index (Phi) is 7.50. The first-order valence-corrected chi connectivity index (χ1v) is 11.1. The molecule has 1 unspecified atom stereocenters. The minimum absolute atomic E-state index is 0.0198. The molecular weight excluding hydrogens is 386 g/mol. The molecular formula is C22H31N3O3S. The molecule has 2 aromatic rings. The number of aromatic nitrogens is 1. The van der Waals surface area contributed by atoms with Crippen LogP contribution in [0.4, 0.5) is 0 Å². The van der Waals surface area contributed by atoms with Gasteiger partial charge in [0.25, 0.3) is 0 Å².